The van der Waals surface area contributed by atoms with Crippen LogP contribution in [0.25, 0.3) is 0 Å². The van der Waals surface area contributed by atoms with Gasteiger partial charge in [-0.15, -0.1) is 5.92 Å². The van der Waals surface area contributed by atoms with Crippen LogP contribution in [-0.2, 0) is 6.42 Å². The number of ether oxygens (including phenoxy) is 4. The molecule has 0 fully saturated rings. The largest absolute Gasteiger partial charge is 0.493 e. The van der Waals surface area contributed by atoms with Gasteiger partial charge in [0.2, 0.25) is 0 Å². The fourth-order valence-corrected chi connectivity index (χ4v) is 23.3. The lowest BCUT2D eigenvalue weighted by Crippen LogP contribution is -2.35. The van der Waals surface area contributed by atoms with E-state index >= 15 is 0 Å². The normalized spacial score (nSPS) is 17.8. The van der Waals surface area contributed by atoms with Crippen LogP contribution in [0.2, 0.25) is 0 Å². The molecule has 0 aliphatic heterocycles. The topological polar surface area (TPSA) is 36.9 Å². The van der Waals surface area contributed by atoms with E-state index in [1.807, 2.05) is 6.92 Å². The first-order valence-electron chi connectivity index (χ1n) is 45.5. The van der Waals surface area contributed by atoms with Crippen molar-refractivity contribution in [3.63, 3.8) is 0 Å². The fourth-order valence-electron chi connectivity index (χ4n) is 22.5. The molecule has 12 aromatic rings. The molecule has 0 amide bonds. The highest BCUT2D eigenvalue weighted by atomic mass is 79.9. The molecule has 606 valence electrons. The minimum absolute atomic E-state index is 0.0138. The predicted molar refractivity (Wildman–Crippen MR) is 504 cm³/mol. The van der Waals surface area contributed by atoms with Gasteiger partial charge < -0.3 is 18.9 Å². The first-order chi connectivity index (χ1) is 60.4. The minimum atomic E-state index is -0.0842. The third kappa shape index (κ3) is 13.9. The summed E-state index contributed by atoms with van der Waals surface area (Å²) in [5, 5.41) is 1.99. The van der Waals surface area contributed by atoms with E-state index in [-0.39, 0.29) is 47.3 Å². The Kier molecular flexibility index (Phi) is 22.9. The standard InChI is InChI=1S/C116H104Br2O4/c1-5-8-10-36-65-119-97-70-75(98(69-73(97)4)120-66-37-11-9-6-2)59-61-96-115-107-89-54-30-22-46-81(89)103(82-47-23-31-55-90(82)107)111(115)94(112-104-83-48-24-32-56-91(83)108(116(96)112)92-57-33-25-49-84(92)104)58-17-16-41-74-71-100(122-68-39-15-13-35-64-118)76(72-99(74)121-67-38-14-12-34-63-117)60-62-95-113-105-85-50-26-18-42-77(85)101(78-43-19-27-51-86(78)105)109(113)93(40-7-3)110-102-79-44-20-28-52-87(79)106(114(95)110)88-53-29-21-45-80(88)102/h18-33,42-57,69-72,101-108H,5-6,8-16,34-39,41,63-68H2,1-4H3. The van der Waals surface area contributed by atoms with E-state index in [9.17, 15) is 0 Å². The molecule has 0 saturated heterocycles. The molecule has 122 heavy (non-hydrogen) atoms. The van der Waals surface area contributed by atoms with Crippen LogP contribution >= 0.6 is 31.9 Å². The third-order valence-electron chi connectivity index (χ3n) is 27.7. The molecule has 24 rings (SSSR count). The number of hydrogen-bond donors (Lipinski definition) is 0. The van der Waals surface area contributed by atoms with Crippen LogP contribution in [0, 0.1) is 54.3 Å². The lowest BCUT2D eigenvalue weighted by Gasteiger charge is -2.48. The smallest absolute Gasteiger partial charge is 0.135 e. The molecular weight excluding hydrogens is 1620 g/mol. The summed E-state index contributed by atoms with van der Waals surface area (Å²) in [5.41, 5.74) is 40.6. The quantitative estimate of drug-likeness (QED) is 0.0278. The maximum Gasteiger partial charge on any atom is 0.135 e. The zero-order valence-electron chi connectivity index (χ0n) is 70.8. The van der Waals surface area contributed by atoms with Gasteiger partial charge in [-0.2, -0.15) is 0 Å². The molecule has 0 heterocycles. The number of aryl methyl sites for hydroxylation is 2. The molecule has 4 nitrogen and oxygen atoms in total. The molecular formula is C116H104Br2O4. The summed E-state index contributed by atoms with van der Waals surface area (Å²) in [5.74, 6) is 35.0. The second-order valence-corrected chi connectivity index (χ2v) is 36.4. The monoisotopic (exact) mass is 1720 g/mol. The Morgan fingerprint density at radius 2 is 0.525 bits per heavy atom. The lowest BCUT2D eigenvalue weighted by molar-refractivity contribution is 0.294. The summed E-state index contributed by atoms with van der Waals surface area (Å²) in [6.45, 7) is 11.2. The van der Waals surface area contributed by atoms with Crippen molar-refractivity contribution >= 4 is 31.9 Å². The van der Waals surface area contributed by atoms with Crippen LogP contribution < -0.4 is 18.9 Å². The van der Waals surface area contributed by atoms with Gasteiger partial charge >= 0.3 is 0 Å². The lowest BCUT2D eigenvalue weighted by atomic mass is 9.53. The summed E-state index contributed by atoms with van der Waals surface area (Å²) in [6, 6.07) is 83.0. The molecule has 0 radical (unpaired) electrons. The molecule has 8 bridgehead atoms. The number of halogens is 2. The number of benzene rings is 12. The van der Waals surface area contributed by atoms with Gasteiger partial charge in [0, 0.05) is 86.7 Å². The fraction of sp³-hybridized carbons (Fsp3) is 0.310. The Morgan fingerprint density at radius 1 is 0.270 bits per heavy atom. The Morgan fingerprint density at radius 3 is 0.820 bits per heavy atom. The Labute approximate surface area is 739 Å². The number of rotatable bonds is 28. The number of alkyl halides is 2. The van der Waals surface area contributed by atoms with Crippen molar-refractivity contribution in [3.8, 4) is 70.4 Å². The zero-order chi connectivity index (χ0) is 82.3. The first kappa shape index (κ1) is 79.5. The van der Waals surface area contributed by atoms with Crippen molar-refractivity contribution < 1.29 is 18.9 Å². The van der Waals surface area contributed by atoms with Gasteiger partial charge in [0.05, 0.1) is 37.6 Å². The SMILES string of the molecule is CC#Cc1c2c(c(C#Cc3cc(OCCCCCCBr)c(CCC#Cc4c5c(c(C#Cc6cc(OCCCCCC)c(C)cc6OCCCCCC)c6c4C4c7ccccc7C6c6ccccc64)C4c6ccccc6C5c5ccccc54)cc3OCCCCCCBr)c3c1C1c4ccccc4C3c3ccccc31)C1c3ccccc3C2c2ccccc21. The summed E-state index contributed by atoms with van der Waals surface area (Å²) in [7, 11) is 0. The molecule has 0 saturated carbocycles. The first-order valence-corrected chi connectivity index (χ1v) is 47.7. The average molecular weight is 1720 g/mol. The van der Waals surface area contributed by atoms with Crippen LogP contribution in [-0.4, -0.2) is 37.1 Å². The van der Waals surface area contributed by atoms with E-state index in [0.717, 1.165) is 150 Å². The summed E-state index contributed by atoms with van der Waals surface area (Å²) in [4.78, 5) is 0. The van der Waals surface area contributed by atoms with Gasteiger partial charge in [-0.25, -0.2) is 0 Å². The van der Waals surface area contributed by atoms with Gasteiger partial charge in [0.1, 0.15) is 23.0 Å². The van der Waals surface area contributed by atoms with Gasteiger partial charge in [0.25, 0.3) is 0 Å². The van der Waals surface area contributed by atoms with Gasteiger partial charge in [0.15, 0.2) is 0 Å². The molecule has 0 unspecified atom stereocenters. The van der Waals surface area contributed by atoms with E-state index in [2.05, 4.69) is 318 Å². The number of unbranched alkanes of at least 4 members (excludes halogenated alkanes) is 12. The second-order valence-electron chi connectivity index (χ2n) is 34.8. The highest BCUT2D eigenvalue weighted by Crippen LogP contribution is 2.67. The molecule has 0 N–H and O–H groups in total. The highest BCUT2D eigenvalue weighted by molar-refractivity contribution is 9.09. The van der Waals surface area contributed by atoms with Gasteiger partial charge in [-0.05, 0) is 228 Å². The van der Waals surface area contributed by atoms with E-state index in [1.165, 1.54) is 165 Å². The molecule has 12 aliphatic rings. The van der Waals surface area contributed by atoms with Crippen LogP contribution in [0.1, 0.15) is 355 Å². The van der Waals surface area contributed by atoms with Crippen molar-refractivity contribution in [1.29, 1.82) is 0 Å². The maximum absolute atomic E-state index is 7.28. The summed E-state index contributed by atoms with van der Waals surface area (Å²) in [6.07, 6.45) is 18.8. The summed E-state index contributed by atoms with van der Waals surface area (Å²) < 4.78 is 28.2. The zero-order valence-corrected chi connectivity index (χ0v) is 73.9. The van der Waals surface area contributed by atoms with E-state index < -0.39 is 0 Å². The van der Waals surface area contributed by atoms with E-state index in [4.69, 9.17) is 18.9 Å². The second kappa shape index (κ2) is 35.1. The maximum atomic E-state index is 7.28. The molecule has 0 aromatic heterocycles. The van der Waals surface area contributed by atoms with Crippen molar-refractivity contribution in [2.45, 2.75) is 191 Å². The average Bonchev–Trinajstić information content (AvgIpc) is 0.670. The van der Waals surface area contributed by atoms with Crippen molar-refractivity contribution in [3.05, 3.63) is 396 Å². The van der Waals surface area contributed by atoms with Gasteiger partial charge in [-0.1, -0.05) is 345 Å². The molecule has 12 aromatic carbocycles. The Balaban J connectivity index is 0.767. The molecule has 12 aliphatic carbocycles. The number of hydrogen-bond acceptors (Lipinski definition) is 4. The van der Waals surface area contributed by atoms with Crippen LogP contribution in [0.4, 0.5) is 0 Å². The van der Waals surface area contributed by atoms with Crippen LogP contribution in [0.15, 0.2) is 218 Å². The van der Waals surface area contributed by atoms with E-state index in [0.29, 0.717) is 39.3 Å². The van der Waals surface area contributed by atoms with Gasteiger partial charge in [-0.3, -0.25) is 0 Å². The molecule has 6 heteroatoms. The Hall–Kier alpha value is -11.0. The van der Waals surface area contributed by atoms with E-state index in [1.54, 1.807) is 0 Å². The molecule has 0 spiro atoms. The van der Waals surface area contributed by atoms with Crippen molar-refractivity contribution in [1.82, 2.24) is 0 Å². The van der Waals surface area contributed by atoms with Crippen LogP contribution in [0.3, 0.4) is 0 Å². The van der Waals surface area contributed by atoms with Crippen molar-refractivity contribution in [2.24, 2.45) is 0 Å². The third-order valence-corrected chi connectivity index (χ3v) is 28.8. The highest BCUT2D eigenvalue weighted by Gasteiger charge is 2.53. The molecule has 0 atom stereocenters. The van der Waals surface area contributed by atoms with Crippen LogP contribution in [0.5, 0.6) is 23.0 Å². The van der Waals surface area contributed by atoms with Crippen molar-refractivity contribution in [2.75, 3.05) is 37.1 Å². The summed E-state index contributed by atoms with van der Waals surface area (Å²) >= 11 is 7.45. The Bertz CT molecular complexity index is 5940. The minimum Gasteiger partial charge on any atom is -0.493 e. The predicted octanol–water partition coefficient (Wildman–Crippen LogP) is 27.7.